The second kappa shape index (κ2) is 5.74. The maximum absolute atomic E-state index is 4.49. The van der Waals surface area contributed by atoms with Crippen molar-refractivity contribution in [2.24, 2.45) is 50.7 Å². The molecule has 10 atom stereocenters. The summed E-state index contributed by atoms with van der Waals surface area (Å²) in [5.41, 5.74) is 4.74. The minimum atomic E-state index is 0.496. The lowest BCUT2D eigenvalue weighted by atomic mass is 9.09. The first kappa shape index (κ1) is 20.2. The van der Waals surface area contributed by atoms with E-state index in [1.54, 1.807) is 5.57 Å². The number of allylic oxidation sites excluding steroid dienone is 3. The van der Waals surface area contributed by atoms with Crippen LogP contribution in [0.2, 0.25) is 5.82 Å². The maximum Gasteiger partial charge on any atom is 0.110 e. The van der Waals surface area contributed by atoms with Crippen LogP contribution in [-0.2, 0) is 0 Å². The van der Waals surface area contributed by atoms with Crippen LogP contribution in [0.15, 0.2) is 24.3 Å². The molecule has 9 unspecified atom stereocenters. The van der Waals surface area contributed by atoms with Gasteiger partial charge in [0.25, 0.3) is 0 Å². The van der Waals surface area contributed by atoms with Crippen molar-refractivity contribution < 1.29 is 0 Å². The van der Waals surface area contributed by atoms with Gasteiger partial charge in [-0.2, -0.15) is 0 Å². The molecule has 5 aliphatic rings. The molecular weight excluding hydrogens is 450 g/mol. The first-order chi connectivity index (χ1) is 13.3. The minimum absolute atomic E-state index is 0.496. The van der Waals surface area contributed by atoms with Crippen LogP contribution in [0.4, 0.5) is 0 Å². The van der Waals surface area contributed by atoms with Gasteiger partial charge in [0.15, 0.2) is 0 Å². The smallest absolute Gasteiger partial charge is 0.103 e. The molecule has 0 nitrogen and oxygen atoms in total. The van der Waals surface area contributed by atoms with Crippen LogP contribution in [0.5, 0.6) is 0 Å². The zero-order valence-electron chi connectivity index (χ0n) is 19.1. The molecule has 0 radical (unpaired) electrons. The van der Waals surface area contributed by atoms with E-state index in [0.717, 1.165) is 29.5 Å². The second-order valence-electron chi connectivity index (χ2n) is 11.8. The second-order valence-corrected chi connectivity index (χ2v) is 12.6. The van der Waals surface area contributed by atoms with Crippen molar-refractivity contribution in [1.82, 2.24) is 0 Å². The zero-order chi connectivity index (χ0) is 20.3. The Labute approximate surface area is 188 Å². The first-order valence-electron chi connectivity index (χ1n) is 12.1. The molecule has 0 aromatic heterocycles. The third-order valence-corrected chi connectivity index (χ3v) is 13.7. The Morgan fingerprint density at radius 3 is 2.39 bits per heavy atom. The number of hydrogen-bond donors (Lipinski definition) is 0. The molecule has 0 aromatic rings. The standard InChI is InChI=1S/C26H40BI/c1-7-16(19(27)8-2)11-17-12-26-21-14-24(26,10-4)23(6)18(15-28)13-25(23,26)20(9-3)22(17,21)5/h7,9,17-21H,3,8,10-15,27H2,1-2,4-6H3/b16-7-/t17?,18?,19-,20?,21?,22?,23?,24?,25?,26?/m1/s1. The molecule has 0 N–H and O–H groups in total. The summed E-state index contributed by atoms with van der Waals surface area (Å²) in [7, 11) is 2.44. The summed E-state index contributed by atoms with van der Waals surface area (Å²) in [6.07, 6.45) is 13.5. The fourth-order valence-corrected chi connectivity index (χ4v) is 12.8. The fourth-order valence-electron chi connectivity index (χ4n) is 11.6. The molecule has 0 aromatic carbocycles. The van der Waals surface area contributed by atoms with Crippen LogP contribution in [0.3, 0.4) is 0 Å². The summed E-state index contributed by atoms with van der Waals surface area (Å²) in [4.78, 5) is 0. The van der Waals surface area contributed by atoms with Crippen LogP contribution >= 0.6 is 22.6 Å². The Balaban J connectivity index is 1.58. The van der Waals surface area contributed by atoms with Crippen LogP contribution in [0.25, 0.3) is 0 Å². The summed E-state index contributed by atoms with van der Waals surface area (Å²) in [5.74, 6) is 4.31. The van der Waals surface area contributed by atoms with E-state index in [0.29, 0.717) is 27.1 Å². The van der Waals surface area contributed by atoms with Gasteiger partial charge < -0.3 is 0 Å². The average molecular weight is 490 g/mol. The highest BCUT2D eigenvalue weighted by Gasteiger charge is 3.03. The molecule has 2 bridgehead atoms. The fraction of sp³-hybridized carbons (Fsp3) is 0.846. The number of rotatable bonds is 7. The molecule has 5 rings (SSSR count). The van der Waals surface area contributed by atoms with Crippen molar-refractivity contribution in [3.05, 3.63) is 24.3 Å². The molecule has 0 aliphatic heterocycles. The van der Waals surface area contributed by atoms with E-state index in [4.69, 9.17) is 0 Å². The van der Waals surface area contributed by atoms with Crippen molar-refractivity contribution in [2.45, 2.75) is 79.0 Å². The van der Waals surface area contributed by atoms with Crippen molar-refractivity contribution in [2.75, 3.05) is 4.43 Å². The van der Waals surface area contributed by atoms with E-state index in [2.05, 4.69) is 83.8 Å². The zero-order valence-corrected chi connectivity index (χ0v) is 21.2. The van der Waals surface area contributed by atoms with E-state index >= 15 is 0 Å². The SMILES string of the molecule is B[C@H](CC)/C(=C\C)CC1CC23C4CC2(CC)C2(C)C(CI)CC23C(C=C)C14C. The predicted molar refractivity (Wildman–Crippen MR) is 132 cm³/mol. The highest BCUT2D eigenvalue weighted by atomic mass is 127. The molecule has 5 aliphatic carbocycles. The average Bonchev–Trinajstić information content (AvgIpc) is 2.95. The van der Waals surface area contributed by atoms with Crippen molar-refractivity contribution in [3.8, 4) is 0 Å². The van der Waals surface area contributed by atoms with Gasteiger partial charge in [-0.3, -0.25) is 0 Å². The number of fused-ring (bicyclic) bond motifs is 1. The molecule has 28 heavy (non-hydrogen) atoms. The van der Waals surface area contributed by atoms with Crippen LogP contribution in [0, 0.1) is 50.7 Å². The van der Waals surface area contributed by atoms with E-state index in [1.165, 1.54) is 43.0 Å². The van der Waals surface area contributed by atoms with Gasteiger partial charge in [0.05, 0.1) is 0 Å². The third-order valence-electron chi connectivity index (χ3n) is 12.6. The van der Waals surface area contributed by atoms with Gasteiger partial charge in [-0.05, 0) is 95.6 Å². The van der Waals surface area contributed by atoms with Gasteiger partial charge in [0.1, 0.15) is 7.85 Å². The topological polar surface area (TPSA) is 0 Å². The summed E-state index contributed by atoms with van der Waals surface area (Å²) in [6.45, 7) is 17.1. The van der Waals surface area contributed by atoms with Gasteiger partial charge in [0.2, 0.25) is 0 Å². The molecular formula is C26H40BI. The highest BCUT2D eigenvalue weighted by molar-refractivity contribution is 14.1. The molecule has 0 heterocycles. The molecule has 5 saturated carbocycles. The number of hydrogen-bond acceptors (Lipinski definition) is 0. The highest BCUT2D eigenvalue weighted by Crippen LogP contribution is 3.08. The summed E-state index contributed by atoms with van der Waals surface area (Å²) in [6, 6.07) is 0. The summed E-state index contributed by atoms with van der Waals surface area (Å²) in [5, 5.41) is 0. The molecule has 0 amide bonds. The van der Waals surface area contributed by atoms with E-state index in [9.17, 15) is 0 Å². The quantitative estimate of drug-likeness (QED) is 0.158. The van der Waals surface area contributed by atoms with E-state index < -0.39 is 0 Å². The Morgan fingerprint density at radius 1 is 1.18 bits per heavy atom. The monoisotopic (exact) mass is 490 g/mol. The predicted octanol–water partition coefficient (Wildman–Crippen LogP) is 6.86. The molecule has 2 heteroatoms. The van der Waals surface area contributed by atoms with Gasteiger partial charge in [-0.25, -0.2) is 0 Å². The third kappa shape index (κ3) is 1.49. The molecule has 154 valence electrons. The van der Waals surface area contributed by atoms with Gasteiger partial charge in [-0.15, -0.1) is 6.58 Å². The van der Waals surface area contributed by atoms with Crippen LogP contribution in [-0.4, -0.2) is 12.3 Å². The Hall–Kier alpha value is 0.275. The number of alkyl halides is 1. The van der Waals surface area contributed by atoms with Gasteiger partial charge in [0, 0.05) is 4.43 Å². The normalized spacial score (nSPS) is 58.9. The lowest BCUT2D eigenvalue weighted by Crippen LogP contribution is -2.90. The molecule has 2 spiro atoms. The lowest BCUT2D eigenvalue weighted by Gasteiger charge is -2.95. The number of halogens is 1. The Kier molecular flexibility index (Phi) is 4.14. The van der Waals surface area contributed by atoms with Crippen molar-refractivity contribution in [1.29, 1.82) is 0 Å². The van der Waals surface area contributed by atoms with Gasteiger partial charge >= 0.3 is 0 Å². The Morgan fingerprint density at radius 2 is 1.86 bits per heavy atom. The van der Waals surface area contributed by atoms with Crippen molar-refractivity contribution in [3.63, 3.8) is 0 Å². The minimum Gasteiger partial charge on any atom is -0.103 e. The van der Waals surface area contributed by atoms with Crippen molar-refractivity contribution >= 4 is 30.4 Å². The molecule has 0 saturated heterocycles. The lowest BCUT2D eigenvalue weighted by molar-refractivity contribution is -0.474. The maximum atomic E-state index is 4.49. The van der Waals surface area contributed by atoms with Crippen LogP contribution in [0.1, 0.15) is 73.1 Å². The summed E-state index contributed by atoms with van der Waals surface area (Å²) < 4.78 is 1.36. The van der Waals surface area contributed by atoms with E-state index in [1.807, 2.05) is 0 Å². The Bertz CT molecular complexity index is 758. The van der Waals surface area contributed by atoms with E-state index in [-0.39, 0.29) is 0 Å². The van der Waals surface area contributed by atoms with Gasteiger partial charge in [-0.1, -0.05) is 74.4 Å². The largest absolute Gasteiger partial charge is 0.110 e. The van der Waals surface area contributed by atoms with Crippen LogP contribution < -0.4 is 0 Å². The summed E-state index contributed by atoms with van der Waals surface area (Å²) >= 11 is 2.69. The first-order valence-corrected chi connectivity index (χ1v) is 13.6. The molecule has 5 fully saturated rings.